The zero-order chi connectivity index (χ0) is 14.3. The average Bonchev–Trinajstić information content (AvgIpc) is 2.40. The average molecular weight is 274 g/mol. The Morgan fingerprint density at radius 3 is 2.40 bits per heavy atom. The number of aromatic nitrogens is 1. The summed E-state index contributed by atoms with van der Waals surface area (Å²) in [5, 5.41) is 0.590. The van der Waals surface area contributed by atoms with E-state index < -0.39 is 23.1 Å². The van der Waals surface area contributed by atoms with E-state index >= 15 is 0 Å². The van der Waals surface area contributed by atoms with Gasteiger partial charge in [-0.3, -0.25) is 0 Å². The summed E-state index contributed by atoms with van der Waals surface area (Å²) in [5.41, 5.74) is 0.746. The topological polar surface area (TPSA) is 34.1 Å². The minimum atomic E-state index is -0.837. The lowest BCUT2D eigenvalue weighted by molar-refractivity contribution is -0.627. The third-order valence-electron chi connectivity index (χ3n) is 3.08. The van der Waals surface area contributed by atoms with Crippen molar-refractivity contribution in [2.24, 2.45) is 0 Å². The molecule has 3 nitrogen and oxygen atoms in total. The summed E-state index contributed by atoms with van der Waals surface area (Å²) in [6, 6.07) is 8.69. The van der Waals surface area contributed by atoms with Crippen molar-refractivity contribution in [3.63, 3.8) is 0 Å². The second-order valence-corrected chi connectivity index (χ2v) is 4.43. The van der Waals surface area contributed by atoms with Crippen LogP contribution in [0.25, 0.3) is 16.7 Å². The smallest absolute Gasteiger partial charge is 0.371 e. The highest BCUT2D eigenvalue weighted by Gasteiger charge is 2.24. The molecule has 0 aliphatic rings. The number of para-hydroxylation sites is 2. The summed E-state index contributed by atoms with van der Waals surface area (Å²) < 4.78 is 33.5. The first-order valence-electron chi connectivity index (χ1n) is 5.97. The van der Waals surface area contributed by atoms with E-state index in [0.717, 1.165) is 22.3 Å². The molecule has 0 spiro atoms. The zero-order valence-corrected chi connectivity index (χ0v) is 10.6. The standard InChI is InChI=1S/C15H10F2NO2/c1-9-4-2-5-10-8-18(15(19)20-14(9)10)13-11(16)6-3-7-12(13)17/h2-8H,1H3/q+1. The van der Waals surface area contributed by atoms with Gasteiger partial charge in [0.2, 0.25) is 0 Å². The van der Waals surface area contributed by atoms with Crippen LogP contribution in [0.2, 0.25) is 0 Å². The van der Waals surface area contributed by atoms with Crippen LogP contribution in [0.15, 0.2) is 51.8 Å². The maximum atomic E-state index is 13.8. The highest BCUT2D eigenvalue weighted by Crippen LogP contribution is 2.16. The molecule has 0 radical (unpaired) electrons. The number of fused-ring (bicyclic) bond motifs is 1. The number of nitrogens with zero attached hydrogens (tertiary/aromatic N) is 1. The highest BCUT2D eigenvalue weighted by molar-refractivity contribution is 5.77. The molecule has 0 aliphatic heterocycles. The fourth-order valence-corrected chi connectivity index (χ4v) is 2.12. The van der Waals surface area contributed by atoms with Gasteiger partial charge in [0.25, 0.3) is 5.69 Å². The van der Waals surface area contributed by atoms with Crippen LogP contribution >= 0.6 is 0 Å². The van der Waals surface area contributed by atoms with Crippen LogP contribution in [0.5, 0.6) is 0 Å². The van der Waals surface area contributed by atoms with Gasteiger partial charge >= 0.3 is 5.76 Å². The number of benzene rings is 2. The molecule has 5 heteroatoms. The van der Waals surface area contributed by atoms with Gasteiger partial charge in [-0.1, -0.05) is 22.8 Å². The van der Waals surface area contributed by atoms with E-state index in [0.29, 0.717) is 11.0 Å². The minimum Gasteiger partial charge on any atom is -0.371 e. The Morgan fingerprint density at radius 2 is 1.70 bits per heavy atom. The molecule has 0 bridgehead atoms. The van der Waals surface area contributed by atoms with E-state index in [-0.39, 0.29) is 0 Å². The normalized spacial score (nSPS) is 10.9. The van der Waals surface area contributed by atoms with Gasteiger partial charge in [0.15, 0.2) is 23.4 Å². The Hall–Kier alpha value is -2.56. The van der Waals surface area contributed by atoms with Crippen molar-refractivity contribution in [1.82, 2.24) is 0 Å². The molecule has 2 aromatic carbocycles. The van der Waals surface area contributed by atoms with Crippen molar-refractivity contribution in [2.75, 3.05) is 0 Å². The molecule has 3 rings (SSSR count). The lowest BCUT2D eigenvalue weighted by Gasteiger charge is -2.00. The zero-order valence-electron chi connectivity index (χ0n) is 10.6. The number of hydrogen-bond donors (Lipinski definition) is 0. The molecule has 0 saturated heterocycles. The summed E-state index contributed by atoms with van der Waals surface area (Å²) in [6.45, 7) is 1.79. The Balaban J connectivity index is 2.38. The molecule has 20 heavy (non-hydrogen) atoms. The van der Waals surface area contributed by atoms with Crippen LogP contribution < -0.4 is 10.3 Å². The maximum absolute atomic E-state index is 13.8. The van der Waals surface area contributed by atoms with Crippen LogP contribution in [0.4, 0.5) is 8.78 Å². The van der Waals surface area contributed by atoms with Gasteiger partial charge < -0.3 is 4.42 Å². The van der Waals surface area contributed by atoms with Crippen LogP contribution in [-0.4, -0.2) is 0 Å². The third kappa shape index (κ3) is 1.87. The lowest BCUT2D eigenvalue weighted by atomic mass is 10.2. The van der Waals surface area contributed by atoms with Crippen LogP contribution in [0.1, 0.15) is 5.56 Å². The monoisotopic (exact) mass is 274 g/mol. The molecule has 100 valence electrons. The fourth-order valence-electron chi connectivity index (χ4n) is 2.12. The van der Waals surface area contributed by atoms with E-state index in [9.17, 15) is 13.6 Å². The SMILES string of the molecule is Cc1cccc2c[n+](-c3c(F)cccc3F)c(=O)oc12. The molecule has 0 aliphatic carbocycles. The predicted octanol–water partition coefficient (Wildman–Crippen LogP) is 2.66. The molecular weight excluding hydrogens is 264 g/mol. The Bertz CT molecular complexity index is 851. The molecule has 0 saturated carbocycles. The van der Waals surface area contributed by atoms with E-state index in [1.54, 1.807) is 25.1 Å². The largest absolute Gasteiger partial charge is 0.608 e. The van der Waals surface area contributed by atoms with Gasteiger partial charge in [0.1, 0.15) is 0 Å². The van der Waals surface area contributed by atoms with Crippen molar-refractivity contribution in [3.05, 3.63) is 70.3 Å². The van der Waals surface area contributed by atoms with Gasteiger partial charge in [-0.05, 0) is 30.7 Å². The van der Waals surface area contributed by atoms with E-state index in [2.05, 4.69) is 0 Å². The van der Waals surface area contributed by atoms with Crippen LogP contribution in [-0.2, 0) is 0 Å². The Kier molecular flexibility index (Phi) is 2.82. The predicted molar refractivity (Wildman–Crippen MR) is 68.7 cm³/mol. The summed E-state index contributed by atoms with van der Waals surface area (Å²) in [6.07, 6.45) is 1.37. The summed E-state index contributed by atoms with van der Waals surface area (Å²) in [7, 11) is 0. The fraction of sp³-hybridized carbons (Fsp3) is 0.0667. The number of hydrogen-bond acceptors (Lipinski definition) is 2. The molecule has 1 aromatic heterocycles. The first kappa shape index (κ1) is 12.5. The van der Waals surface area contributed by atoms with Crippen molar-refractivity contribution >= 4 is 11.0 Å². The third-order valence-corrected chi connectivity index (χ3v) is 3.08. The van der Waals surface area contributed by atoms with Gasteiger partial charge in [-0.15, -0.1) is 0 Å². The van der Waals surface area contributed by atoms with Gasteiger partial charge in [-0.25, -0.2) is 0 Å². The van der Waals surface area contributed by atoms with Crippen molar-refractivity contribution in [3.8, 4) is 5.69 Å². The summed E-state index contributed by atoms with van der Waals surface area (Å²) in [5.74, 6) is -2.49. The highest BCUT2D eigenvalue weighted by atomic mass is 19.1. The van der Waals surface area contributed by atoms with E-state index in [1.807, 2.05) is 0 Å². The second-order valence-electron chi connectivity index (χ2n) is 4.43. The quantitative estimate of drug-likeness (QED) is 0.639. The molecule has 0 atom stereocenters. The van der Waals surface area contributed by atoms with E-state index in [1.165, 1.54) is 12.3 Å². The molecule has 0 unspecified atom stereocenters. The maximum Gasteiger partial charge on any atom is 0.608 e. The summed E-state index contributed by atoms with van der Waals surface area (Å²) >= 11 is 0. The first-order valence-corrected chi connectivity index (χ1v) is 5.97. The number of aryl methyl sites for hydroxylation is 1. The van der Waals surface area contributed by atoms with Gasteiger partial charge in [0.05, 0.1) is 5.39 Å². The molecule has 0 fully saturated rings. The van der Waals surface area contributed by atoms with Crippen molar-refractivity contribution in [2.45, 2.75) is 6.92 Å². The molecule has 0 N–H and O–H groups in total. The van der Waals surface area contributed by atoms with E-state index in [4.69, 9.17) is 4.42 Å². The van der Waals surface area contributed by atoms with Gasteiger partial charge in [0, 0.05) is 0 Å². The summed E-state index contributed by atoms with van der Waals surface area (Å²) in [4.78, 5) is 12.0. The van der Waals surface area contributed by atoms with Crippen molar-refractivity contribution < 1.29 is 17.8 Å². The second kappa shape index (κ2) is 4.52. The minimum absolute atomic E-state index is 0.408. The van der Waals surface area contributed by atoms with Gasteiger partial charge in [-0.2, -0.15) is 13.6 Å². The van der Waals surface area contributed by atoms with Crippen LogP contribution in [0.3, 0.4) is 0 Å². The molecule has 3 aromatic rings. The van der Waals surface area contributed by atoms with Crippen molar-refractivity contribution in [1.29, 1.82) is 0 Å². The van der Waals surface area contributed by atoms with Crippen LogP contribution in [0, 0.1) is 18.6 Å². The number of rotatable bonds is 1. The Morgan fingerprint density at radius 1 is 1.05 bits per heavy atom. The number of halogens is 2. The molecule has 0 amide bonds. The Labute approximate surface area is 112 Å². The molecule has 1 heterocycles. The lowest BCUT2D eigenvalue weighted by Crippen LogP contribution is -2.48. The molecular formula is C15H10F2NO2+. The first-order chi connectivity index (χ1) is 9.58.